The predicted molar refractivity (Wildman–Crippen MR) is 83.9 cm³/mol. The van der Waals surface area contributed by atoms with Crippen LogP contribution in [-0.4, -0.2) is 29.5 Å². The highest BCUT2D eigenvalue weighted by atomic mass is 16.5. The lowest BCUT2D eigenvalue weighted by Gasteiger charge is -2.13. The van der Waals surface area contributed by atoms with Gasteiger partial charge in [-0.05, 0) is 36.8 Å². The van der Waals surface area contributed by atoms with Gasteiger partial charge in [0.25, 0.3) is 0 Å². The highest BCUT2D eigenvalue weighted by Gasteiger charge is 2.10. The Bertz CT molecular complexity index is 746. The van der Waals surface area contributed by atoms with E-state index in [-0.39, 0.29) is 0 Å². The number of anilines is 1. The summed E-state index contributed by atoms with van der Waals surface area (Å²) in [6, 6.07) is 11.8. The lowest BCUT2D eigenvalue weighted by molar-refractivity contribution is 0.379. The van der Waals surface area contributed by atoms with Crippen molar-refractivity contribution in [2.24, 2.45) is 0 Å². The SMILES string of the molecule is COc1ccc(-c2cc(N(C)Cc3cc(C)no3)n[nH]2)cc1. The Morgan fingerprint density at radius 1 is 1.23 bits per heavy atom. The molecule has 2 heterocycles. The first-order chi connectivity index (χ1) is 10.7. The number of aryl methyl sites for hydroxylation is 1. The van der Waals surface area contributed by atoms with Crippen LogP contribution in [0.3, 0.4) is 0 Å². The molecule has 3 aromatic rings. The number of rotatable bonds is 5. The van der Waals surface area contributed by atoms with E-state index in [1.165, 1.54) is 0 Å². The van der Waals surface area contributed by atoms with Gasteiger partial charge in [-0.3, -0.25) is 5.10 Å². The van der Waals surface area contributed by atoms with Gasteiger partial charge in [-0.1, -0.05) is 5.16 Å². The summed E-state index contributed by atoms with van der Waals surface area (Å²) in [5.41, 5.74) is 2.89. The van der Waals surface area contributed by atoms with Crippen LogP contribution in [0.1, 0.15) is 11.5 Å². The standard InChI is InChI=1S/C16H18N4O2/c1-11-8-14(22-19-11)10-20(2)16-9-15(17-18-16)12-4-6-13(21-3)7-5-12/h4-9H,10H2,1-3H3,(H,17,18). The predicted octanol–water partition coefficient (Wildman–Crippen LogP) is 3.02. The Labute approximate surface area is 128 Å². The van der Waals surface area contributed by atoms with E-state index in [4.69, 9.17) is 9.26 Å². The first kappa shape index (κ1) is 14.2. The first-order valence-electron chi connectivity index (χ1n) is 6.99. The van der Waals surface area contributed by atoms with Crippen LogP contribution in [0.25, 0.3) is 11.3 Å². The maximum absolute atomic E-state index is 5.23. The zero-order valence-electron chi connectivity index (χ0n) is 12.8. The smallest absolute Gasteiger partial charge is 0.156 e. The lowest BCUT2D eigenvalue weighted by Crippen LogP contribution is -2.16. The second-order valence-electron chi connectivity index (χ2n) is 5.16. The largest absolute Gasteiger partial charge is 0.497 e. The van der Waals surface area contributed by atoms with Crippen molar-refractivity contribution >= 4 is 5.82 Å². The van der Waals surface area contributed by atoms with E-state index in [1.807, 2.05) is 55.3 Å². The minimum Gasteiger partial charge on any atom is -0.497 e. The average Bonchev–Trinajstić information content (AvgIpc) is 3.17. The van der Waals surface area contributed by atoms with Crippen molar-refractivity contribution in [2.75, 3.05) is 19.1 Å². The van der Waals surface area contributed by atoms with E-state index in [1.54, 1.807) is 7.11 Å². The molecule has 0 aliphatic rings. The summed E-state index contributed by atoms with van der Waals surface area (Å²) in [5.74, 6) is 2.50. The molecule has 0 aliphatic carbocycles. The average molecular weight is 298 g/mol. The van der Waals surface area contributed by atoms with Crippen LogP contribution in [0.4, 0.5) is 5.82 Å². The van der Waals surface area contributed by atoms with E-state index < -0.39 is 0 Å². The Hall–Kier alpha value is -2.76. The summed E-state index contributed by atoms with van der Waals surface area (Å²) in [7, 11) is 3.62. The van der Waals surface area contributed by atoms with E-state index in [0.717, 1.165) is 34.3 Å². The second kappa shape index (κ2) is 5.93. The maximum atomic E-state index is 5.23. The number of H-pyrrole nitrogens is 1. The summed E-state index contributed by atoms with van der Waals surface area (Å²) >= 11 is 0. The topological polar surface area (TPSA) is 67.2 Å². The molecule has 6 heteroatoms. The number of aromatic amines is 1. The third-order valence-electron chi connectivity index (χ3n) is 3.43. The van der Waals surface area contributed by atoms with Gasteiger partial charge in [0.2, 0.25) is 0 Å². The van der Waals surface area contributed by atoms with Gasteiger partial charge in [0, 0.05) is 19.2 Å². The fraction of sp³-hybridized carbons (Fsp3) is 0.250. The molecule has 0 amide bonds. The number of benzene rings is 1. The van der Waals surface area contributed by atoms with Gasteiger partial charge >= 0.3 is 0 Å². The molecule has 2 aromatic heterocycles. The van der Waals surface area contributed by atoms with Gasteiger partial charge in [0.05, 0.1) is 25.0 Å². The van der Waals surface area contributed by atoms with Gasteiger partial charge < -0.3 is 14.2 Å². The summed E-state index contributed by atoms with van der Waals surface area (Å²) in [6.07, 6.45) is 0. The first-order valence-corrected chi connectivity index (χ1v) is 6.99. The van der Waals surface area contributed by atoms with Crippen LogP contribution in [0.5, 0.6) is 5.75 Å². The van der Waals surface area contributed by atoms with Crippen molar-refractivity contribution < 1.29 is 9.26 Å². The van der Waals surface area contributed by atoms with Gasteiger partial charge in [0.15, 0.2) is 11.6 Å². The van der Waals surface area contributed by atoms with Crippen molar-refractivity contribution in [3.8, 4) is 17.0 Å². The van der Waals surface area contributed by atoms with Crippen LogP contribution < -0.4 is 9.64 Å². The lowest BCUT2D eigenvalue weighted by atomic mass is 10.1. The number of ether oxygens (including phenoxy) is 1. The van der Waals surface area contributed by atoms with Gasteiger partial charge in [-0.2, -0.15) is 5.10 Å². The molecule has 1 N–H and O–H groups in total. The molecule has 0 saturated carbocycles. The molecule has 0 aliphatic heterocycles. The number of aromatic nitrogens is 3. The fourth-order valence-corrected chi connectivity index (χ4v) is 2.23. The Kier molecular flexibility index (Phi) is 3.82. The molecule has 1 aromatic carbocycles. The summed E-state index contributed by atoms with van der Waals surface area (Å²) in [6.45, 7) is 2.52. The quantitative estimate of drug-likeness (QED) is 0.784. The van der Waals surface area contributed by atoms with Crippen LogP contribution in [0.2, 0.25) is 0 Å². The molecular weight excluding hydrogens is 280 g/mol. The van der Waals surface area contributed by atoms with Gasteiger partial charge in [-0.15, -0.1) is 0 Å². The van der Waals surface area contributed by atoms with Crippen LogP contribution in [-0.2, 0) is 6.54 Å². The molecule has 0 unspecified atom stereocenters. The number of nitrogens with one attached hydrogen (secondary N) is 1. The zero-order valence-corrected chi connectivity index (χ0v) is 12.8. The summed E-state index contributed by atoms with van der Waals surface area (Å²) < 4.78 is 10.4. The second-order valence-corrected chi connectivity index (χ2v) is 5.16. The Balaban J connectivity index is 1.74. The van der Waals surface area contributed by atoms with Crippen molar-refractivity contribution in [1.82, 2.24) is 15.4 Å². The maximum Gasteiger partial charge on any atom is 0.156 e. The van der Waals surface area contributed by atoms with E-state index >= 15 is 0 Å². The molecule has 3 rings (SSSR count). The molecule has 0 atom stereocenters. The zero-order chi connectivity index (χ0) is 15.5. The molecule has 0 fully saturated rings. The van der Waals surface area contributed by atoms with Crippen molar-refractivity contribution in [2.45, 2.75) is 13.5 Å². The third-order valence-corrected chi connectivity index (χ3v) is 3.43. The molecule has 6 nitrogen and oxygen atoms in total. The van der Waals surface area contributed by atoms with Crippen LogP contribution in [0, 0.1) is 6.92 Å². The van der Waals surface area contributed by atoms with E-state index in [9.17, 15) is 0 Å². The van der Waals surface area contributed by atoms with Gasteiger partial charge in [0.1, 0.15) is 5.75 Å². The molecule has 0 saturated heterocycles. The number of methoxy groups -OCH3 is 1. The number of hydrogen-bond donors (Lipinski definition) is 1. The molecular formula is C16H18N4O2. The summed E-state index contributed by atoms with van der Waals surface area (Å²) in [4.78, 5) is 2.00. The minimum absolute atomic E-state index is 0.619. The van der Waals surface area contributed by atoms with Crippen molar-refractivity contribution in [3.05, 3.63) is 47.9 Å². The Morgan fingerprint density at radius 2 is 2.00 bits per heavy atom. The number of hydrogen-bond acceptors (Lipinski definition) is 5. The van der Waals surface area contributed by atoms with Gasteiger partial charge in [-0.25, -0.2) is 0 Å². The van der Waals surface area contributed by atoms with Crippen LogP contribution in [0.15, 0.2) is 40.9 Å². The van der Waals surface area contributed by atoms with Crippen molar-refractivity contribution in [1.29, 1.82) is 0 Å². The monoisotopic (exact) mass is 298 g/mol. The van der Waals surface area contributed by atoms with E-state index in [2.05, 4.69) is 15.4 Å². The third kappa shape index (κ3) is 2.95. The molecule has 22 heavy (non-hydrogen) atoms. The van der Waals surface area contributed by atoms with Crippen LogP contribution >= 0.6 is 0 Å². The molecule has 0 bridgehead atoms. The molecule has 114 valence electrons. The molecule has 0 spiro atoms. The minimum atomic E-state index is 0.619. The van der Waals surface area contributed by atoms with Crippen molar-refractivity contribution in [3.63, 3.8) is 0 Å². The highest BCUT2D eigenvalue weighted by Crippen LogP contribution is 2.24. The number of nitrogens with zero attached hydrogens (tertiary/aromatic N) is 3. The Morgan fingerprint density at radius 3 is 2.64 bits per heavy atom. The molecule has 0 radical (unpaired) electrons. The normalized spacial score (nSPS) is 10.7. The fourth-order valence-electron chi connectivity index (χ4n) is 2.23. The van der Waals surface area contributed by atoms with E-state index in [0.29, 0.717) is 6.54 Å². The highest BCUT2D eigenvalue weighted by molar-refractivity contribution is 5.63. The summed E-state index contributed by atoms with van der Waals surface area (Å²) in [5, 5.41) is 11.3.